The van der Waals surface area contributed by atoms with Crippen LogP contribution >= 0.6 is 11.8 Å². The van der Waals surface area contributed by atoms with Gasteiger partial charge in [0.2, 0.25) is 5.91 Å². The molecule has 0 aliphatic heterocycles. The minimum absolute atomic E-state index is 0.0335. The van der Waals surface area contributed by atoms with Crippen LogP contribution in [-0.2, 0) is 11.8 Å². The minimum Gasteiger partial charge on any atom is -0.325 e. The van der Waals surface area contributed by atoms with Gasteiger partial charge in [0, 0.05) is 18.3 Å². The summed E-state index contributed by atoms with van der Waals surface area (Å²) in [6, 6.07) is 7.66. The number of amides is 1. The van der Waals surface area contributed by atoms with Crippen LogP contribution in [0, 0.1) is 0 Å². The summed E-state index contributed by atoms with van der Waals surface area (Å²) in [7, 11) is 1.89. The third kappa shape index (κ3) is 4.60. The van der Waals surface area contributed by atoms with Gasteiger partial charge in [-0.2, -0.15) is 11.8 Å². The van der Waals surface area contributed by atoms with Crippen molar-refractivity contribution in [2.75, 3.05) is 16.8 Å². The number of carbonyl (C=O) groups is 1. The molecule has 0 radical (unpaired) electrons. The van der Waals surface area contributed by atoms with Crippen LogP contribution in [0.3, 0.4) is 0 Å². The second-order valence-corrected chi connectivity index (χ2v) is 5.91. The van der Waals surface area contributed by atoms with Gasteiger partial charge in [-0.15, -0.1) is 10.2 Å². The van der Waals surface area contributed by atoms with Gasteiger partial charge in [-0.05, 0) is 24.3 Å². The normalized spacial score (nSPS) is 10.6. The molecule has 1 amide bonds. The maximum Gasteiger partial charge on any atom is 0.234 e. The molecule has 0 aliphatic carbocycles. The summed E-state index contributed by atoms with van der Waals surface area (Å²) in [5.41, 5.74) is 1.73. The van der Waals surface area contributed by atoms with Gasteiger partial charge in [-0.3, -0.25) is 4.79 Å². The van der Waals surface area contributed by atoms with E-state index in [-0.39, 0.29) is 5.91 Å². The summed E-state index contributed by atoms with van der Waals surface area (Å²) in [5.74, 6) is 2.34. The zero-order chi connectivity index (χ0) is 15.1. The van der Waals surface area contributed by atoms with Crippen molar-refractivity contribution in [2.45, 2.75) is 19.8 Å². The van der Waals surface area contributed by atoms with E-state index in [1.165, 1.54) is 0 Å². The van der Waals surface area contributed by atoms with E-state index in [9.17, 15) is 4.79 Å². The number of benzene rings is 1. The molecule has 0 spiro atoms. The van der Waals surface area contributed by atoms with E-state index in [1.807, 2.05) is 35.9 Å². The van der Waals surface area contributed by atoms with Crippen LogP contribution in [0.25, 0.3) is 11.4 Å². The Morgan fingerprint density at radius 2 is 2.29 bits per heavy atom. The van der Waals surface area contributed by atoms with Crippen LogP contribution in [0.2, 0.25) is 0 Å². The van der Waals surface area contributed by atoms with Crippen LogP contribution < -0.4 is 5.32 Å². The molecule has 0 saturated heterocycles. The molecule has 2 aromatic rings. The fraction of sp³-hybridized carbons (Fsp3) is 0.400. The first-order chi connectivity index (χ1) is 10.2. The summed E-state index contributed by atoms with van der Waals surface area (Å²) >= 11 is 1.67. The van der Waals surface area contributed by atoms with Gasteiger partial charge in [0.25, 0.3) is 0 Å². The minimum atomic E-state index is 0.0335. The highest BCUT2D eigenvalue weighted by atomic mass is 32.2. The largest absolute Gasteiger partial charge is 0.325 e. The van der Waals surface area contributed by atoms with E-state index in [1.54, 1.807) is 18.1 Å². The summed E-state index contributed by atoms with van der Waals surface area (Å²) < 4.78 is 1.85. The molecule has 6 heteroatoms. The van der Waals surface area contributed by atoms with E-state index in [0.29, 0.717) is 5.75 Å². The summed E-state index contributed by atoms with van der Waals surface area (Å²) in [6.45, 7) is 2.15. The number of thioether (sulfide) groups is 1. The molecule has 2 rings (SSSR count). The smallest absolute Gasteiger partial charge is 0.234 e. The first-order valence-corrected chi connectivity index (χ1v) is 8.18. The van der Waals surface area contributed by atoms with E-state index in [4.69, 9.17) is 0 Å². The highest BCUT2D eigenvalue weighted by molar-refractivity contribution is 7.99. The van der Waals surface area contributed by atoms with Crippen LogP contribution in [0.15, 0.2) is 30.6 Å². The number of aromatic nitrogens is 3. The second kappa shape index (κ2) is 7.83. The van der Waals surface area contributed by atoms with Crippen molar-refractivity contribution in [3.05, 3.63) is 30.6 Å². The van der Waals surface area contributed by atoms with Crippen molar-refractivity contribution in [1.82, 2.24) is 14.8 Å². The van der Waals surface area contributed by atoms with Crippen LogP contribution in [0.1, 0.15) is 19.8 Å². The Morgan fingerprint density at radius 3 is 3.00 bits per heavy atom. The third-order valence-corrected chi connectivity index (χ3v) is 4.03. The van der Waals surface area contributed by atoms with Crippen LogP contribution in [0.4, 0.5) is 5.69 Å². The lowest BCUT2D eigenvalue weighted by Gasteiger charge is -2.07. The van der Waals surface area contributed by atoms with E-state index in [0.717, 1.165) is 35.7 Å². The number of hydrogen-bond donors (Lipinski definition) is 1. The number of nitrogens with one attached hydrogen (secondary N) is 1. The molecule has 0 saturated carbocycles. The molecule has 1 aromatic heterocycles. The molecular weight excluding hydrogens is 284 g/mol. The molecule has 21 heavy (non-hydrogen) atoms. The van der Waals surface area contributed by atoms with Gasteiger partial charge in [0.15, 0.2) is 5.82 Å². The molecule has 0 aliphatic rings. The molecule has 0 unspecified atom stereocenters. The Labute approximate surface area is 129 Å². The van der Waals surface area contributed by atoms with Gasteiger partial charge in [-0.1, -0.05) is 25.5 Å². The highest BCUT2D eigenvalue weighted by Crippen LogP contribution is 2.20. The predicted octanol–water partition coefficient (Wildman–Crippen LogP) is 2.95. The Bertz CT molecular complexity index is 597. The number of aryl methyl sites for hydroxylation is 1. The van der Waals surface area contributed by atoms with Gasteiger partial charge in [0.05, 0.1) is 5.75 Å². The average Bonchev–Trinajstić information content (AvgIpc) is 2.90. The van der Waals surface area contributed by atoms with Crippen LogP contribution in [-0.4, -0.2) is 32.2 Å². The van der Waals surface area contributed by atoms with Gasteiger partial charge < -0.3 is 9.88 Å². The summed E-state index contributed by atoms with van der Waals surface area (Å²) in [6.07, 6.45) is 3.97. The topological polar surface area (TPSA) is 59.8 Å². The lowest BCUT2D eigenvalue weighted by molar-refractivity contribution is -0.113. The fourth-order valence-corrected chi connectivity index (χ4v) is 2.78. The van der Waals surface area contributed by atoms with Crippen molar-refractivity contribution >= 4 is 23.4 Å². The molecule has 0 atom stereocenters. The van der Waals surface area contributed by atoms with Gasteiger partial charge in [-0.25, -0.2) is 0 Å². The summed E-state index contributed by atoms with van der Waals surface area (Å²) in [4.78, 5) is 11.9. The van der Waals surface area contributed by atoms with Crippen molar-refractivity contribution < 1.29 is 4.79 Å². The molecule has 1 heterocycles. The zero-order valence-corrected chi connectivity index (χ0v) is 13.2. The number of nitrogens with zero attached hydrogens (tertiary/aromatic N) is 3. The van der Waals surface area contributed by atoms with Crippen molar-refractivity contribution in [3.63, 3.8) is 0 Å². The zero-order valence-electron chi connectivity index (χ0n) is 12.4. The molecule has 112 valence electrons. The Balaban J connectivity index is 1.95. The number of rotatable bonds is 7. The highest BCUT2D eigenvalue weighted by Gasteiger charge is 2.07. The average molecular weight is 304 g/mol. The number of carbonyl (C=O) groups excluding carboxylic acids is 1. The van der Waals surface area contributed by atoms with E-state index >= 15 is 0 Å². The van der Waals surface area contributed by atoms with Gasteiger partial charge in [0.1, 0.15) is 6.33 Å². The first-order valence-electron chi connectivity index (χ1n) is 7.02. The molecule has 5 nitrogen and oxygen atoms in total. The Morgan fingerprint density at radius 1 is 1.43 bits per heavy atom. The van der Waals surface area contributed by atoms with E-state index < -0.39 is 0 Å². The van der Waals surface area contributed by atoms with E-state index in [2.05, 4.69) is 22.4 Å². The predicted molar refractivity (Wildman–Crippen MR) is 87.3 cm³/mol. The number of anilines is 1. The maximum atomic E-state index is 11.9. The van der Waals surface area contributed by atoms with Crippen molar-refractivity contribution in [2.24, 2.45) is 7.05 Å². The Kier molecular flexibility index (Phi) is 5.80. The standard InChI is InChI=1S/C15H20N4OS/c1-3-4-8-21-10-14(20)17-13-7-5-6-12(9-13)15-18-16-11-19(15)2/h5-7,9,11H,3-4,8,10H2,1-2H3,(H,17,20). The number of unbranched alkanes of at least 4 members (excludes halogenated alkanes) is 1. The molecular formula is C15H20N4OS. The second-order valence-electron chi connectivity index (χ2n) is 4.80. The van der Waals surface area contributed by atoms with Crippen LogP contribution in [0.5, 0.6) is 0 Å². The van der Waals surface area contributed by atoms with Gasteiger partial charge >= 0.3 is 0 Å². The quantitative estimate of drug-likeness (QED) is 0.799. The third-order valence-electron chi connectivity index (χ3n) is 2.99. The van der Waals surface area contributed by atoms with Crippen molar-refractivity contribution in [1.29, 1.82) is 0 Å². The lowest BCUT2D eigenvalue weighted by atomic mass is 10.2. The molecule has 0 fully saturated rings. The molecule has 0 bridgehead atoms. The van der Waals surface area contributed by atoms with Crippen molar-refractivity contribution in [3.8, 4) is 11.4 Å². The first kappa shape index (κ1) is 15.6. The molecule has 1 aromatic carbocycles. The maximum absolute atomic E-state index is 11.9. The monoisotopic (exact) mass is 304 g/mol. The Hall–Kier alpha value is -1.82. The summed E-state index contributed by atoms with van der Waals surface area (Å²) in [5, 5.41) is 10.9. The number of hydrogen-bond acceptors (Lipinski definition) is 4. The fourth-order valence-electron chi connectivity index (χ4n) is 1.89. The lowest BCUT2D eigenvalue weighted by Crippen LogP contribution is -2.14. The molecule has 1 N–H and O–H groups in total. The SMILES string of the molecule is CCCCSCC(=O)Nc1cccc(-c2nncn2C)c1.